The van der Waals surface area contributed by atoms with E-state index >= 15 is 0 Å². The number of aliphatic hydroxyl groups excluding tert-OH is 6. The molecule has 0 aromatic rings. The largest absolute Gasteiger partial charge is 0.459 e. The van der Waals surface area contributed by atoms with Crippen molar-refractivity contribution in [1.82, 2.24) is 0 Å². The van der Waals surface area contributed by atoms with Crippen LogP contribution in [-0.2, 0) is 19.0 Å². The van der Waals surface area contributed by atoms with Crippen molar-refractivity contribution in [2.45, 2.75) is 107 Å². The van der Waals surface area contributed by atoms with Crippen molar-refractivity contribution >= 4 is 5.97 Å². The van der Waals surface area contributed by atoms with E-state index in [9.17, 15) is 35.4 Å². The molecule has 0 spiro atoms. The molecule has 2 heterocycles. The first-order chi connectivity index (χ1) is 19.7. The molecule has 0 aromatic heterocycles. The van der Waals surface area contributed by atoms with E-state index < -0.39 is 61.6 Å². The Bertz CT molecular complexity index is 922. The second-order valence-corrected chi connectivity index (χ2v) is 10.1. The molecule has 0 radical (unpaired) electrons. The molecule has 0 aliphatic carbocycles. The average Bonchev–Trinajstić information content (AvgIpc) is 2.94. The third kappa shape index (κ3) is 13.4. The lowest BCUT2D eigenvalue weighted by atomic mass is 9.99. The van der Waals surface area contributed by atoms with Crippen LogP contribution in [0.15, 0.2) is 72.9 Å². The normalized spacial score (nSPS) is 39.9. The van der Waals surface area contributed by atoms with Crippen LogP contribution in [0.3, 0.4) is 0 Å². The molecular formula is C31H46O10. The van der Waals surface area contributed by atoms with E-state index in [2.05, 4.69) is 0 Å². The molecule has 10 heteroatoms. The van der Waals surface area contributed by atoms with Crippen LogP contribution in [0.1, 0.15) is 51.9 Å². The average molecular weight is 579 g/mol. The first kappa shape index (κ1) is 34.8. The molecular weight excluding hydrogens is 532 g/mol. The van der Waals surface area contributed by atoms with Gasteiger partial charge in [0.1, 0.15) is 30.5 Å². The zero-order valence-electron chi connectivity index (χ0n) is 23.6. The molecule has 0 amide bonds. The molecule has 10 nitrogen and oxygen atoms in total. The SMILES string of the molecule is CC[C@@H]1CCC/C=C/C=C/[C@H](O)C[C@@H](O)C/C=C\C=C\[C@@H](O[C@@H]2O[C@H](CO)[C@@H](O)[C@H](O)[C@H]2O)C/C=C/C=C\C(=O)O1. The van der Waals surface area contributed by atoms with Crippen LogP contribution in [0.5, 0.6) is 0 Å². The van der Waals surface area contributed by atoms with E-state index in [0.29, 0.717) is 19.3 Å². The summed E-state index contributed by atoms with van der Waals surface area (Å²) in [5, 5.41) is 60.3. The Balaban J connectivity index is 2.14. The lowest BCUT2D eigenvalue weighted by molar-refractivity contribution is -0.307. The molecule has 6 N–H and O–H groups in total. The molecule has 1 saturated heterocycles. The fraction of sp³-hybridized carbons (Fsp3) is 0.581. The summed E-state index contributed by atoms with van der Waals surface area (Å²) in [6, 6.07) is 0. The predicted octanol–water partition coefficient (Wildman–Crippen LogP) is 1.91. The molecule has 41 heavy (non-hydrogen) atoms. The molecule has 0 aromatic carbocycles. The highest BCUT2D eigenvalue weighted by Crippen LogP contribution is 2.24. The van der Waals surface area contributed by atoms with Gasteiger partial charge >= 0.3 is 5.97 Å². The van der Waals surface area contributed by atoms with E-state index in [-0.39, 0.29) is 12.5 Å². The van der Waals surface area contributed by atoms with Crippen molar-refractivity contribution in [1.29, 1.82) is 0 Å². The third-order valence-corrected chi connectivity index (χ3v) is 6.72. The van der Waals surface area contributed by atoms with Gasteiger partial charge in [-0.15, -0.1) is 0 Å². The fourth-order valence-corrected chi connectivity index (χ4v) is 4.29. The van der Waals surface area contributed by atoms with Gasteiger partial charge in [-0.2, -0.15) is 0 Å². The fourth-order valence-electron chi connectivity index (χ4n) is 4.29. The van der Waals surface area contributed by atoms with E-state index in [4.69, 9.17) is 14.2 Å². The number of allylic oxidation sites excluding steroid dienone is 7. The molecule has 2 aliphatic heterocycles. The Labute approximate surface area is 242 Å². The maximum absolute atomic E-state index is 12.2. The minimum Gasteiger partial charge on any atom is -0.459 e. The van der Waals surface area contributed by atoms with Crippen molar-refractivity contribution in [3.8, 4) is 0 Å². The summed E-state index contributed by atoms with van der Waals surface area (Å²) in [7, 11) is 0. The standard InChI is InChI=1S/C31H46O10/c1-2-24-16-10-5-3-4-8-14-22(33)20-23(34)15-9-6-11-17-25(18-12-7-13-19-27(35)39-24)40-31-30(38)29(37)28(36)26(21-32)41-31/h3-4,6-9,11-14,17,19,22-26,28-34,36-38H,2,5,10,15-16,18,20-21H2,1H3/b4-3+,9-6-,12-7+,14-8+,17-11+,19-13-/t22-,23-,24+,25+,26+,28+,29-,30+,31+/m0/s1. The van der Waals surface area contributed by atoms with Crippen LogP contribution < -0.4 is 0 Å². The summed E-state index contributed by atoms with van der Waals surface area (Å²) >= 11 is 0. The van der Waals surface area contributed by atoms with Crippen molar-refractivity contribution in [2.24, 2.45) is 0 Å². The molecule has 2 rings (SSSR count). The molecule has 230 valence electrons. The van der Waals surface area contributed by atoms with Gasteiger partial charge in [0.2, 0.25) is 0 Å². The lowest BCUT2D eigenvalue weighted by Crippen LogP contribution is -2.59. The maximum atomic E-state index is 12.2. The van der Waals surface area contributed by atoms with E-state index in [1.54, 1.807) is 54.7 Å². The topological polar surface area (TPSA) is 166 Å². The van der Waals surface area contributed by atoms with Gasteiger partial charge in [0.25, 0.3) is 0 Å². The van der Waals surface area contributed by atoms with Crippen molar-refractivity contribution < 1.29 is 49.6 Å². The van der Waals surface area contributed by atoms with Gasteiger partial charge in [0, 0.05) is 12.5 Å². The number of hydrogen-bond donors (Lipinski definition) is 6. The number of carbonyl (C=O) groups excluding carboxylic acids is 1. The summed E-state index contributed by atoms with van der Waals surface area (Å²) in [6.45, 7) is 1.39. The Hall–Kier alpha value is -2.41. The third-order valence-electron chi connectivity index (χ3n) is 6.72. The van der Waals surface area contributed by atoms with Crippen molar-refractivity contribution in [3.63, 3.8) is 0 Å². The van der Waals surface area contributed by atoms with Gasteiger partial charge in [-0.3, -0.25) is 0 Å². The summed E-state index contributed by atoms with van der Waals surface area (Å²) in [5.74, 6) is -0.440. The molecule has 0 unspecified atom stereocenters. The number of carbonyl (C=O) groups is 1. The van der Waals surface area contributed by atoms with E-state index in [1.165, 1.54) is 6.08 Å². The number of ether oxygens (including phenoxy) is 3. The first-order valence-corrected chi connectivity index (χ1v) is 14.3. The second-order valence-electron chi connectivity index (χ2n) is 10.1. The van der Waals surface area contributed by atoms with Crippen LogP contribution in [0.2, 0.25) is 0 Å². The lowest BCUT2D eigenvalue weighted by Gasteiger charge is -2.40. The molecule has 1 fully saturated rings. The highest BCUT2D eigenvalue weighted by molar-refractivity contribution is 5.82. The summed E-state index contributed by atoms with van der Waals surface area (Å²) in [4.78, 5) is 12.2. The Morgan fingerprint density at radius 1 is 0.878 bits per heavy atom. The first-order valence-electron chi connectivity index (χ1n) is 14.3. The van der Waals surface area contributed by atoms with Gasteiger partial charge in [-0.05, 0) is 38.5 Å². The highest BCUT2D eigenvalue weighted by atomic mass is 16.7. The highest BCUT2D eigenvalue weighted by Gasteiger charge is 2.44. The summed E-state index contributed by atoms with van der Waals surface area (Å²) in [5.41, 5.74) is 0. The number of esters is 1. The van der Waals surface area contributed by atoms with Crippen LogP contribution in [0.4, 0.5) is 0 Å². The van der Waals surface area contributed by atoms with Gasteiger partial charge in [-0.1, -0.05) is 73.8 Å². The Morgan fingerprint density at radius 2 is 1.59 bits per heavy atom. The van der Waals surface area contributed by atoms with Gasteiger partial charge in [0.15, 0.2) is 6.29 Å². The molecule has 0 saturated carbocycles. The summed E-state index contributed by atoms with van der Waals surface area (Å²) in [6.07, 6.45) is 14.8. The van der Waals surface area contributed by atoms with Gasteiger partial charge < -0.3 is 44.8 Å². The minimum atomic E-state index is -1.57. The zero-order chi connectivity index (χ0) is 30.0. The van der Waals surface area contributed by atoms with E-state index in [1.807, 2.05) is 19.1 Å². The monoisotopic (exact) mass is 578 g/mol. The predicted molar refractivity (Wildman–Crippen MR) is 153 cm³/mol. The van der Waals surface area contributed by atoms with Crippen molar-refractivity contribution in [2.75, 3.05) is 6.61 Å². The molecule has 0 bridgehead atoms. The van der Waals surface area contributed by atoms with Gasteiger partial charge in [-0.25, -0.2) is 4.79 Å². The Kier molecular flexibility index (Phi) is 16.7. The number of cyclic esters (lactones) is 1. The number of aliphatic hydroxyl groups is 6. The van der Waals surface area contributed by atoms with Crippen LogP contribution in [0.25, 0.3) is 0 Å². The minimum absolute atomic E-state index is 0.184. The second kappa shape index (κ2) is 19.7. The van der Waals surface area contributed by atoms with Crippen molar-refractivity contribution in [3.05, 3.63) is 72.9 Å². The van der Waals surface area contributed by atoms with Crippen LogP contribution >= 0.6 is 0 Å². The maximum Gasteiger partial charge on any atom is 0.331 e. The quantitative estimate of drug-likeness (QED) is 0.271. The number of hydrogen-bond acceptors (Lipinski definition) is 10. The molecule has 2 aliphatic rings. The van der Waals surface area contributed by atoms with Gasteiger partial charge in [0.05, 0.1) is 24.9 Å². The van der Waals surface area contributed by atoms with Crippen LogP contribution in [-0.4, -0.2) is 98.3 Å². The van der Waals surface area contributed by atoms with E-state index in [0.717, 1.165) is 19.3 Å². The van der Waals surface area contributed by atoms with Crippen LogP contribution in [0, 0.1) is 0 Å². The smallest absolute Gasteiger partial charge is 0.331 e. The zero-order valence-corrected chi connectivity index (χ0v) is 23.6. The summed E-state index contributed by atoms with van der Waals surface area (Å²) < 4.78 is 16.9. The number of rotatable bonds is 4. The molecule has 9 atom stereocenters. The Morgan fingerprint density at radius 3 is 2.34 bits per heavy atom.